The topological polar surface area (TPSA) is 0 Å². The number of alkyl halides is 1. The van der Waals surface area contributed by atoms with Gasteiger partial charge >= 0.3 is 0 Å². The summed E-state index contributed by atoms with van der Waals surface area (Å²) < 4.78 is 0. The number of hydrogen-bond donors (Lipinski definition) is 0. The molecule has 0 rings (SSSR count). The molecule has 1 unspecified atom stereocenters. The van der Waals surface area contributed by atoms with Crippen molar-refractivity contribution in [3.63, 3.8) is 0 Å². The van der Waals surface area contributed by atoms with Gasteiger partial charge in [0.05, 0.1) is 0 Å². The summed E-state index contributed by atoms with van der Waals surface area (Å²) in [5.74, 6) is 0. The molecule has 0 radical (unpaired) electrons. The highest BCUT2D eigenvalue weighted by Crippen LogP contribution is 2.30. The Morgan fingerprint density at radius 3 is 1.56 bits per heavy atom. The molecule has 1 atom stereocenters. The third kappa shape index (κ3) is 10.4. The summed E-state index contributed by atoms with van der Waals surface area (Å²) in [6.45, 7) is 7.02. The van der Waals surface area contributed by atoms with Crippen LogP contribution in [-0.4, -0.2) is 5.33 Å². The molecule has 0 amide bonds. The molecule has 0 bridgehead atoms. The van der Waals surface area contributed by atoms with E-state index in [-0.39, 0.29) is 0 Å². The van der Waals surface area contributed by atoms with Crippen LogP contribution in [0.1, 0.15) is 97.8 Å². The van der Waals surface area contributed by atoms with E-state index >= 15 is 0 Å². The van der Waals surface area contributed by atoms with Crippen LogP contribution in [0.15, 0.2) is 0 Å². The Hall–Kier alpha value is 0.480. The predicted molar refractivity (Wildman–Crippen MR) is 88.7 cm³/mol. The molecule has 0 aromatic heterocycles. The van der Waals surface area contributed by atoms with E-state index in [9.17, 15) is 0 Å². The molecule has 0 aliphatic heterocycles. The zero-order valence-electron chi connectivity index (χ0n) is 13.1. The van der Waals surface area contributed by atoms with Crippen molar-refractivity contribution in [3.05, 3.63) is 0 Å². The van der Waals surface area contributed by atoms with Crippen molar-refractivity contribution in [2.75, 3.05) is 5.33 Å². The molecule has 0 N–H and O–H groups in total. The Morgan fingerprint density at radius 2 is 1.17 bits per heavy atom. The fourth-order valence-corrected chi connectivity index (χ4v) is 3.05. The Labute approximate surface area is 124 Å². The van der Waals surface area contributed by atoms with E-state index in [4.69, 9.17) is 0 Å². The molecule has 18 heavy (non-hydrogen) atoms. The standard InChI is InChI=1S/C17H35Br/c1-4-6-7-8-9-10-11-12-13-14-15-17(3,5-2)16-18/h4-16H2,1-3H3. The SMILES string of the molecule is CCCCCCCCCCCCC(C)(CC)CBr. The molecule has 0 saturated heterocycles. The number of unbranched alkanes of at least 4 members (excludes halogenated alkanes) is 9. The molecule has 0 heterocycles. The van der Waals surface area contributed by atoms with Crippen molar-refractivity contribution in [3.8, 4) is 0 Å². The van der Waals surface area contributed by atoms with Crippen LogP contribution in [0.5, 0.6) is 0 Å². The maximum atomic E-state index is 3.66. The van der Waals surface area contributed by atoms with Crippen molar-refractivity contribution in [1.29, 1.82) is 0 Å². The van der Waals surface area contributed by atoms with Crippen LogP contribution in [0.25, 0.3) is 0 Å². The van der Waals surface area contributed by atoms with E-state index < -0.39 is 0 Å². The normalized spacial score (nSPS) is 14.7. The molecule has 0 aromatic carbocycles. The van der Waals surface area contributed by atoms with E-state index in [1.807, 2.05) is 0 Å². The average Bonchev–Trinajstić information content (AvgIpc) is 2.40. The average molecular weight is 319 g/mol. The quantitative estimate of drug-likeness (QED) is 0.251. The second-order valence-electron chi connectivity index (χ2n) is 6.23. The second-order valence-corrected chi connectivity index (χ2v) is 6.79. The van der Waals surface area contributed by atoms with Crippen molar-refractivity contribution in [2.24, 2.45) is 5.41 Å². The molecule has 110 valence electrons. The van der Waals surface area contributed by atoms with E-state index in [1.54, 1.807) is 0 Å². The molecular formula is C17H35Br. The van der Waals surface area contributed by atoms with Crippen LogP contribution >= 0.6 is 15.9 Å². The first kappa shape index (κ1) is 18.5. The van der Waals surface area contributed by atoms with Gasteiger partial charge in [0.2, 0.25) is 0 Å². The molecule has 0 spiro atoms. The number of hydrogen-bond acceptors (Lipinski definition) is 0. The lowest BCUT2D eigenvalue weighted by Gasteiger charge is -2.25. The van der Waals surface area contributed by atoms with Crippen LogP contribution in [-0.2, 0) is 0 Å². The van der Waals surface area contributed by atoms with Gasteiger partial charge < -0.3 is 0 Å². The van der Waals surface area contributed by atoms with Crippen LogP contribution < -0.4 is 0 Å². The number of rotatable bonds is 13. The molecule has 0 saturated carbocycles. The van der Waals surface area contributed by atoms with E-state index in [0.717, 1.165) is 5.33 Å². The molecule has 0 aliphatic carbocycles. The van der Waals surface area contributed by atoms with Crippen LogP contribution in [0.3, 0.4) is 0 Å². The van der Waals surface area contributed by atoms with Gasteiger partial charge in [-0.15, -0.1) is 0 Å². The smallest absolute Gasteiger partial charge is 0.00852 e. The minimum absolute atomic E-state index is 0.542. The Bertz CT molecular complexity index is 161. The van der Waals surface area contributed by atoms with Gasteiger partial charge in [0.1, 0.15) is 0 Å². The minimum Gasteiger partial charge on any atom is -0.0922 e. The zero-order valence-corrected chi connectivity index (χ0v) is 14.7. The van der Waals surface area contributed by atoms with Gasteiger partial charge in [-0.1, -0.05) is 101 Å². The molecule has 0 aromatic rings. The molecule has 0 aliphatic rings. The van der Waals surface area contributed by atoms with Gasteiger partial charge in [0, 0.05) is 5.33 Å². The minimum atomic E-state index is 0.542. The third-order valence-electron chi connectivity index (χ3n) is 4.31. The lowest BCUT2D eigenvalue weighted by Crippen LogP contribution is -2.16. The molecule has 1 heteroatoms. The molecular weight excluding hydrogens is 284 g/mol. The van der Waals surface area contributed by atoms with Crippen molar-refractivity contribution >= 4 is 15.9 Å². The summed E-state index contributed by atoms with van der Waals surface area (Å²) in [7, 11) is 0. The summed E-state index contributed by atoms with van der Waals surface area (Å²) in [6, 6.07) is 0. The van der Waals surface area contributed by atoms with Crippen molar-refractivity contribution in [1.82, 2.24) is 0 Å². The van der Waals surface area contributed by atoms with Gasteiger partial charge in [-0.2, -0.15) is 0 Å². The number of halogens is 1. The fourth-order valence-electron chi connectivity index (χ4n) is 2.38. The summed E-state index contributed by atoms with van der Waals surface area (Å²) in [4.78, 5) is 0. The van der Waals surface area contributed by atoms with Crippen molar-refractivity contribution < 1.29 is 0 Å². The third-order valence-corrected chi connectivity index (χ3v) is 5.66. The maximum Gasteiger partial charge on any atom is 0.00852 e. The Balaban J connectivity index is 3.21. The fraction of sp³-hybridized carbons (Fsp3) is 1.00. The first-order chi connectivity index (χ1) is 8.68. The Kier molecular flexibility index (Phi) is 12.8. The van der Waals surface area contributed by atoms with Gasteiger partial charge in [-0.3, -0.25) is 0 Å². The van der Waals surface area contributed by atoms with E-state index in [2.05, 4.69) is 36.7 Å². The zero-order chi connectivity index (χ0) is 13.7. The molecule has 0 fully saturated rings. The highest BCUT2D eigenvalue weighted by molar-refractivity contribution is 9.09. The molecule has 0 nitrogen and oxygen atoms in total. The van der Waals surface area contributed by atoms with E-state index in [0.29, 0.717) is 5.41 Å². The second kappa shape index (κ2) is 12.5. The van der Waals surface area contributed by atoms with Gasteiger partial charge in [0.15, 0.2) is 0 Å². The summed E-state index contributed by atoms with van der Waals surface area (Å²) >= 11 is 3.66. The van der Waals surface area contributed by atoms with Crippen LogP contribution in [0.2, 0.25) is 0 Å². The first-order valence-electron chi connectivity index (χ1n) is 8.24. The maximum absolute atomic E-state index is 3.66. The highest BCUT2D eigenvalue weighted by Gasteiger charge is 2.19. The lowest BCUT2D eigenvalue weighted by molar-refractivity contribution is 0.317. The van der Waals surface area contributed by atoms with Crippen molar-refractivity contribution in [2.45, 2.75) is 97.8 Å². The summed E-state index contributed by atoms with van der Waals surface area (Å²) in [5, 5.41) is 1.16. The largest absolute Gasteiger partial charge is 0.0922 e. The van der Waals surface area contributed by atoms with Crippen LogP contribution in [0.4, 0.5) is 0 Å². The highest BCUT2D eigenvalue weighted by atomic mass is 79.9. The Morgan fingerprint density at radius 1 is 0.722 bits per heavy atom. The van der Waals surface area contributed by atoms with Crippen LogP contribution in [0, 0.1) is 5.41 Å². The van der Waals surface area contributed by atoms with Gasteiger partial charge in [-0.25, -0.2) is 0 Å². The van der Waals surface area contributed by atoms with Gasteiger partial charge in [0.25, 0.3) is 0 Å². The lowest BCUT2D eigenvalue weighted by atomic mass is 9.84. The summed E-state index contributed by atoms with van der Waals surface area (Å²) in [5.41, 5.74) is 0.542. The van der Waals surface area contributed by atoms with Gasteiger partial charge in [-0.05, 0) is 18.3 Å². The first-order valence-corrected chi connectivity index (χ1v) is 9.36. The van der Waals surface area contributed by atoms with E-state index in [1.165, 1.54) is 77.0 Å². The summed E-state index contributed by atoms with van der Waals surface area (Å²) in [6.07, 6.45) is 17.1. The monoisotopic (exact) mass is 318 g/mol. The predicted octanol–water partition coefficient (Wildman–Crippen LogP) is 7.11.